The number of ether oxygens (including phenoxy) is 1. The van der Waals surface area contributed by atoms with E-state index < -0.39 is 0 Å². The molecule has 0 aliphatic heterocycles. The van der Waals surface area contributed by atoms with Gasteiger partial charge < -0.3 is 4.74 Å². The first kappa shape index (κ1) is 21.0. The summed E-state index contributed by atoms with van der Waals surface area (Å²) in [4.78, 5) is 23.7. The highest BCUT2D eigenvalue weighted by molar-refractivity contribution is 7.80. The summed E-state index contributed by atoms with van der Waals surface area (Å²) in [5.74, 6) is -0.155. The summed E-state index contributed by atoms with van der Waals surface area (Å²) in [7, 11) is 0. The van der Waals surface area contributed by atoms with Gasteiger partial charge in [-0.05, 0) is 49.0 Å². The Hall–Kier alpha value is -2.35. The largest absolute Gasteiger partial charge is 0.492 e. The molecule has 6 nitrogen and oxygen atoms in total. The van der Waals surface area contributed by atoms with Gasteiger partial charge in [0.15, 0.2) is 5.11 Å². The molecule has 0 spiro atoms. The van der Waals surface area contributed by atoms with Crippen LogP contribution in [-0.4, -0.2) is 23.5 Å². The Morgan fingerprint density at radius 2 is 1.78 bits per heavy atom. The molecule has 27 heavy (non-hydrogen) atoms. The molecular formula is C18H17Cl2N3O3S. The summed E-state index contributed by atoms with van der Waals surface area (Å²) in [5.41, 5.74) is 5.36. The average molecular weight is 426 g/mol. The van der Waals surface area contributed by atoms with Crippen molar-refractivity contribution in [1.29, 1.82) is 0 Å². The van der Waals surface area contributed by atoms with E-state index in [2.05, 4.69) is 16.2 Å². The molecule has 3 N–H and O–H groups in total. The maximum absolute atomic E-state index is 11.9. The predicted octanol–water partition coefficient (Wildman–Crippen LogP) is 3.49. The lowest BCUT2D eigenvalue weighted by atomic mass is 10.2. The minimum atomic E-state index is -0.365. The van der Waals surface area contributed by atoms with Crippen molar-refractivity contribution in [3.8, 4) is 5.75 Å². The van der Waals surface area contributed by atoms with E-state index in [0.29, 0.717) is 34.4 Å². The minimum Gasteiger partial charge on any atom is -0.492 e. The second-order valence-electron chi connectivity index (χ2n) is 5.35. The van der Waals surface area contributed by atoms with E-state index in [1.807, 2.05) is 0 Å². The van der Waals surface area contributed by atoms with Crippen LogP contribution >= 0.6 is 35.4 Å². The summed E-state index contributed by atoms with van der Waals surface area (Å²) in [6.07, 6.45) is 0.670. The molecular weight excluding hydrogens is 409 g/mol. The van der Waals surface area contributed by atoms with Crippen molar-refractivity contribution in [3.05, 3.63) is 64.1 Å². The lowest BCUT2D eigenvalue weighted by molar-refractivity contribution is -0.121. The Balaban J connectivity index is 1.63. The highest BCUT2D eigenvalue weighted by atomic mass is 35.5. The van der Waals surface area contributed by atoms with E-state index in [0.717, 1.165) is 0 Å². The molecule has 0 saturated heterocycles. The fourth-order valence-electron chi connectivity index (χ4n) is 1.99. The molecule has 2 amide bonds. The third-order valence-corrected chi connectivity index (χ3v) is 4.01. The van der Waals surface area contributed by atoms with Crippen molar-refractivity contribution in [1.82, 2.24) is 16.2 Å². The molecule has 0 unspecified atom stereocenters. The Morgan fingerprint density at radius 1 is 1.04 bits per heavy atom. The molecule has 0 aliphatic carbocycles. The van der Waals surface area contributed by atoms with Gasteiger partial charge in [0, 0.05) is 17.0 Å². The lowest BCUT2D eigenvalue weighted by Crippen LogP contribution is -2.48. The van der Waals surface area contributed by atoms with Crippen molar-refractivity contribution in [3.63, 3.8) is 0 Å². The van der Waals surface area contributed by atoms with E-state index in [1.54, 1.807) is 48.5 Å². The van der Waals surface area contributed by atoms with Gasteiger partial charge >= 0.3 is 0 Å². The topological polar surface area (TPSA) is 79.5 Å². The van der Waals surface area contributed by atoms with E-state index in [-0.39, 0.29) is 23.3 Å². The molecule has 2 rings (SSSR count). The molecule has 0 aliphatic rings. The van der Waals surface area contributed by atoms with E-state index in [4.69, 9.17) is 40.2 Å². The maximum atomic E-state index is 11.9. The van der Waals surface area contributed by atoms with E-state index in [9.17, 15) is 9.59 Å². The summed E-state index contributed by atoms with van der Waals surface area (Å²) in [6, 6.07) is 13.5. The zero-order valence-corrected chi connectivity index (χ0v) is 16.5. The summed E-state index contributed by atoms with van der Waals surface area (Å²) < 4.78 is 5.50. The van der Waals surface area contributed by atoms with Gasteiger partial charge in [0.05, 0.1) is 11.6 Å². The number of carbonyl (C=O) groups is 2. The van der Waals surface area contributed by atoms with E-state index >= 15 is 0 Å². The third kappa shape index (κ3) is 7.42. The molecule has 9 heteroatoms. The second kappa shape index (κ2) is 10.7. The smallest absolute Gasteiger partial charge is 0.257 e. The summed E-state index contributed by atoms with van der Waals surface area (Å²) in [5, 5.41) is 3.40. The van der Waals surface area contributed by atoms with Crippen LogP contribution < -0.4 is 20.9 Å². The van der Waals surface area contributed by atoms with Crippen molar-refractivity contribution in [2.24, 2.45) is 0 Å². The number of halogens is 2. The van der Waals surface area contributed by atoms with Gasteiger partial charge in [0.1, 0.15) is 5.75 Å². The molecule has 0 saturated carbocycles. The molecule has 0 fully saturated rings. The SMILES string of the molecule is O=C(CCCOc1ccc(Cl)cc1Cl)NNC(=S)NC(=O)c1ccccc1. The van der Waals surface area contributed by atoms with Gasteiger partial charge in [-0.2, -0.15) is 0 Å². The summed E-state index contributed by atoms with van der Waals surface area (Å²) >= 11 is 16.8. The molecule has 0 heterocycles. The molecule has 142 valence electrons. The quantitative estimate of drug-likeness (QED) is 0.375. The predicted molar refractivity (Wildman–Crippen MR) is 109 cm³/mol. The molecule has 0 aromatic heterocycles. The number of carbonyl (C=O) groups excluding carboxylic acids is 2. The molecule has 2 aromatic carbocycles. The zero-order valence-electron chi connectivity index (χ0n) is 14.1. The first-order valence-electron chi connectivity index (χ1n) is 7.99. The monoisotopic (exact) mass is 425 g/mol. The van der Waals surface area contributed by atoms with Crippen molar-refractivity contribution < 1.29 is 14.3 Å². The van der Waals surface area contributed by atoms with Crippen molar-refractivity contribution in [2.45, 2.75) is 12.8 Å². The number of rotatable bonds is 6. The number of amides is 2. The standard InChI is InChI=1S/C18H17Cl2N3O3S/c19-13-8-9-15(14(20)11-13)26-10-4-7-16(24)22-23-18(27)21-17(25)12-5-2-1-3-6-12/h1-3,5-6,8-9,11H,4,7,10H2,(H,22,24)(H2,21,23,25,27). The molecule has 2 aromatic rings. The van der Waals surface area contributed by atoms with Crippen LogP contribution in [0, 0.1) is 0 Å². The van der Waals surface area contributed by atoms with Crippen molar-refractivity contribution >= 4 is 52.3 Å². The number of thiocarbonyl (C=S) groups is 1. The van der Waals surface area contributed by atoms with Crippen LogP contribution in [0.1, 0.15) is 23.2 Å². The Morgan fingerprint density at radius 3 is 2.48 bits per heavy atom. The van der Waals surface area contributed by atoms with Gasteiger partial charge in [-0.3, -0.25) is 25.8 Å². The fourth-order valence-corrected chi connectivity index (χ4v) is 2.60. The van der Waals surface area contributed by atoms with Crippen LogP contribution in [0.15, 0.2) is 48.5 Å². The normalized spacial score (nSPS) is 10.0. The maximum Gasteiger partial charge on any atom is 0.257 e. The number of hydrogen-bond acceptors (Lipinski definition) is 4. The first-order chi connectivity index (χ1) is 13.0. The van der Waals surface area contributed by atoms with E-state index in [1.165, 1.54) is 0 Å². The van der Waals surface area contributed by atoms with Crippen LogP contribution in [0.4, 0.5) is 0 Å². The fraction of sp³-hybridized carbons (Fsp3) is 0.167. The van der Waals surface area contributed by atoms with Crippen LogP contribution in [0.5, 0.6) is 5.75 Å². The number of nitrogens with one attached hydrogen (secondary N) is 3. The van der Waals surface area contributed by atoms with Gasteiger partial charge in [0.25, 0.3) is 5.91 Å². The minimum absolute atomic E-state index is 0.00130. The third-order valence-electron chi connectivity index (χ3n) is 3.28. The molecule has 0 bridgehead atoms. The van der Waals surface area contributed by atoms with Crippen molar-refractivity contribution in [2.75, 3.05) is 6.61 Å². The van der Waals surface area contributed by atoms with Gasteiger partial charge in [0.2, 0.25) is 5.91 Å². The number of benzene rings is 2. The summed E-state index contributed by atoms with van der Waals surface area (Å²) in [6.45, 7) is 0.309. The van der Waals surface area contributed by atoms with Crippen LogP contribution in [-0.2, 0) is 4.79 Å². The Bertz CT molecular complexity index is 819. The number of hydrazine groups is 1. The van der Waals surface area contributed by atoms with Gasteiger partial charge in [-0.1, -0.05) is 41.4 Å². The Kier molecular flexibility index (Phi) is 8.32. The van der Waals surface area contributed by atoms with Crippen LogP contribution in [0.3, 0.4) is 0 Å². The Labute approximate surface area is 172 Å². The van der Waals surface area contributed by atoms with Crippen LogP contribution in [0.25, 0.3) is 0 Å². The lowest BCUT2D eigenvalue weighted by Gasteiger charge is -2.11. The average Bonchev–Trinajstić information content (AvgIpc) is 2.65. The highest BCUT2D eigenvalue weighted by Crippen LogP contribution is 2.27. The van der Waals surface area contributed by atoms with Gasteiger partial charge in [-0.15, -0.1) is 0 Å². The highest BCUT2D eigenvalue weighted by Gasteiger charge is 2.08. The number of hydrogen-bond donors (Lipinski definition) is 3. The molecule has 0 atom stereocenters. The first-order valence-corrected chi connectivity index (χ1v) is 9.15. The van der Waals surface area contributed by atoms with Gasteiger partial charge in [-0.25, -0.2) is 0 Å². The second-order valence-corrected chi connectivity index (χ2v) is 6.60. The van der Waals surface area contributed by atoms with Crippen LogP contribution in [0.2, 0.25) is 10.0 Å². The zero-order chi connectivity index (χ0) is 19.6. The molecule has 0 radical (unpaired) electrons.